The van der Waals surface area contributed by atoms with Crippen LogP contribution in [-0.2, 0) is 0 Å². The van der Waals surface area contributed by atoms with Crippen molar-refractivity contribution in [2.24, 2.45) is 0 Å². The van der Waals surface area contributed by atoms with Crippen LogP contribution in [0.25, 0.3) is 20.9 Å². The molecule has 0 spiro atoms. The van der Waals surface area contributed by atoms with Crippen LogP contribution in [0.15, 0.2) is 36.4 Å². The van der Waals surface area contributed by atoms with E-state index in [1.54, 1.807) is 0 Å². The lowest BCUT2D eigenvalue weighted by molar-refractivity contribution is 0.0697. The first-order valence-corrected chi connectivity index (χ1v) is 8.44. The minimum Gasteiger partial charge on any atom is -0.478 e. The van der Waals surface area contributed by atoms with Gasteiger partial charge in [-0.15, -0.1) is 22.7 Å². The van der Waals surface area contributed by atoms with Crippen molar-refractivity contribution in [3.8, 4) is 20.9 Å². The Bertz CT molecular complexity index is 884. The number of carbonyl (C=O) groups is 2. The maximum absolute atomic E-state index is 13.3. The van der Waals surface area contributed by atoms with Gasteiger partial charge in [0, 0.05) is 26.4 Å². The molecule has 0 aliphatic heterocycles. The topological polar surface area (TPSA) is 54.4 Å². The van der Waals surface area contributed by atoms with E-state index in [2.05, 4.69) is 0 Å². The number of carboxylic acid groups (broad SMARTS) is 1. The fourth-order valence-electron chi connectivity index (χ4n) is 2.39. The molecule has 0 aliphatic carbocycles. The van der Waals surface area contributed by atoms with Gasteiger partial charge in [-0.3, -0.25) is 0 Å². The van der Waals surface area contributed by atoms with E-state index in [9.17, 15) is 23.5 Å². The Labute approximate surface area is 144 Å². The lowest BCUT2D eigenvalue weighted by Crippen LogP contribution is -2.06. The van der Waals surface area contributed by atoms with Gasteiger partial charge < -0.3 is 9.90 Å². The van der Waals surface area contributed by atoms with Crippen molar-refractivity contribution < 1.29 is 23.5 Å². The lowest BCUT2D eigenvalue weighted by atomic mass is 9.87. The molecule has 2 aromatic heterocycles. The molecule has 1 aromatic carbocycles. The highest BCUT2D eigenvalue weighted by Gasteiger charge is 2.21. The summed E-state index contributed by atoms with van der Waals surface area (Å²) >= 11 is 1.63. The Morgan fingerprint density at radius 3 is 1.71 bits per heavy atom. The molecule has 0 aliphatic rings. The van der Waals surface area contributed by atoms with Crippen LogP contribution in [0.1, 0.15) is 20.7 Å². The molecule has 0 saturated heterocycles. The first-order valence-electron chi connectivity index (χ1n) is 6.80. The van der Waals surface area contributed by atoms with Gasteiger partial charge in [0.05, 0.1) is 5.56 Å². The van der Waals surface area contributed by atoms with E-state index in [0.717, 1.165) is 22.7 Å². The minimum atomic E-state index is -1.20. The van der Waals surface area contributed by atoms with Crippen LogP contribution in [0.5, 0.6) is 0 Å². The molecule has 3 aromatic rings. The SMILES string of the molecule is BC(=O)c1cc(-c2ccc(F)s2)c(C(=O)O)cc1-c1ccc(F)s1. The zero-order chi connectivity index (χ0) is 17.4. The van der Waals surface area contributed by atoms with Crippen molar-refractivity contribution in [2.75, 3.05) is 0 Å². The van der Waals surface area contributed by atoms with Gasteiger partial charge in [-0.1, -0.05) is 0 Å². The second-order valence-corrected chi connectivity index (χ2v) is 7.08. The normalized spacial score (nSPS) is 10.8. The van der Waals surface area contributed by atoms with E-state index in [4.69, 9.17) is 0 Å². The second kappa shape index (κ2) is 6.29. The summed E-state index contributed by atoms with van der Waals surface area (Å²) in [6, 6.07) is 8.24. The molecule has 0 unspecified atom stereocenters. The highest BCUT2D eigenvalue weighted by atomic mass is 32.1. The average molecular weight is 362 g/mol. The standard InChI is InChI=1S/C16H9BF2O3S2/c17-15(20)9-5-8(12-2-4-14(19)24-12)10(16(21)22)6-7(9)11-1-3-13(18)23-11/h1-6H,17H2,(H,21,22). The van der Waals surface area contributed by atoms with Crippen molar-refractivity contribution in [1.82, 2.24) is 0 Å². The highest BCUT2D eigenvalue weighted by molar-refractivity contribution is 7.14. The third-order valence-electron chi connectivity index (χ3n) is 3.44. The van der Waals surface area contributed by atoms with Crippen molar-refractivity contribution in [3.63, 3.8) is 0 Å². The molecule has 0 saturated carbocycles. The molecule has 1 N–H and O–H groups in total. The Kier molecular flexibility index (Phi) is 4.34. The number of carbonyl (C=O) groups excluding carboxylic acids is 1. The van der Waals surface area contributed by atoms with Gasteiger partial charge in [0.2, 0.25) is 0 Å². The number of hydrogen-bond acceptors (Lipinski definition) is 4. The van der Waals surface area contributed by atoms with E-state index in [0.29, 0.717) is 15.3 Å². The zero-order valence-electron chi connectivity index (χ0n) is 12.3. The molecule has 2 heterocycles. The molecular formula is C16H9BF2O3S2. The van der Waals surface area contributed by atoms with Gasteiger partial charge in [-0.2, -0.15) is 8.78 Å². The number of thiophene rings is 2. The number of hydrogen-bond donors (Lipinski definition) is 1. The average Bonchev–Trinajstić information content (AvgIpc) is 3.14. The lowest BCUT2D eigenvalue weighted by Gasteiger charge is -2.11. The summed E-state index contributed by atoms with van der Waals surface area (Å²) in [5.74, 6) is -1.20. The van der Waals surface area contributed by atoms with E-state index in [-0.39, 0.29) is 22.4 Å². The molecule has 0 bridgehead atoms. The summed E-state index contributed by atoms with van der Waals surface area (Å²) in [5, 5.41) is 8.62. The van der Waals surface area contributed by atoms with E-state index in [1.807, 2.05) is 0 Å². The fraction of sp³-hybridized carbons (Fsp3) is 0. The van der Waals surface area contributed by atoms with Crippen molar-refractivity contribution in [2.45, 2.75) is 0 Å². The van der Waals surface area contributed by atoms with Crippen LogP contribution < -0.4 is 0 Å². The van der Waals surface area contributed by atoms with Gasteiger partial charge in [0.1, 0.15) is 5.68 Å². The molecule has 3 nitrogen and oxygen atoms in total. The first kappa shape index (κ1) is 16.5. The molecule has 0 atom stereocenters. The molecule has 8 heteroatoms. The van der Waals surface area contributed by atoms with Crippen molar-refractivity contribution in [3.05, 3.63) is 57.8 Å². The summed E-state index contributed by atoms with van der Waals surface area (Å²) in [4.78, 5) is 24.5. The minimum absolute atomic E-state index is 0.0642. The third-order valence-corrected chi connectivity index (χ3v) is 5.26. The molecule has 24 heavy (non-hydrogen) atoms. The zero-order valence-corrected chi connectivity index (χ0v) is 13.9. The monoisotopic (exact) mass is 362 g/mol. The molecule has 0 fully saturated rings. The van der Waals surface area contributed by atoms with Crippen LogP contribution in [0.2, 0.25) is 0 Å². The smallest absolute Gasteiger partial charge is 0.336 e. The summed E-state index contributed by atoms with van der Waals surface area (Å²) < 4.78 is 26.6. The Balaban J connectivity index is 2.30. The molecule has 120 valence electrons. The molecule has 3 rings (SSSR count). The summed E-state index contributed by atoms with van der Waals surface area (Å²) in [5.41, 5.74) is 0.544. The van der Waals surface area contributed by atoms with Crippen LogP contribution in [0.3, 0.4) is 0 Å². The Morgan fingerprint density at radius 1 is 0.875 bits per heavy atom. The van der Waals surface area contributed by atoms with Crippen LogP contribution in [0, 0.1) is 10.3 Å². The maximum Gasteiger partial charge on any atom is 0.336 e. The van der Waals surface area contributed by atoms with Gasteiger partial charge in [0.25, 0.3) is 0 Å². The summed E-state index contributed by atoms with van der Waals surface area (Å²) in [6.07, 6.45) is 0. The highest BCUT2D eigenvalue weighted by Crippen LogP contribution is 2.37. The van der Waals surface area contributed by atoms with Gasteiger partial charge in [-0.25, -0.2) is 4.79 Å². The summed E-state index contributed by atoms with van der Waals surface area (Å²) in [7, 11) is 1.35. The Hall–Kier alpha value is -2.32. The fourth-order valence-corrected chi connectivity index (χ4v) is 3.92. The maximum atomic E-state index is 13.3. The van der Waals surface area contributed by atoms with Gasteiger partial charge in [-0.05, 0) is 36.4 Å². The van der Waals surface area contributed by atoms with E-state index >= 15 is 0 Å². The van der Waals surface area contributed by atoms with E-state index in [1.165, 1.54) is 44.2 Å². The number of aromatic carboxylic acids is 1. The number of rotatable bonds is 4. The second-order valence-electron chi connectivity index (χ2n) is 5.01. The molecular weight excluding hydrogens is 353 g/mol. The largest absolute Gasteiger partial charge is 0.478 e. The van der Waals surface area contributed by atoms with Crippen molar-refractivity contribution >= 4 is 42.2 Å². The van der Waals surface area contributed by atoms with Crippen LogP contribution in [-0.4, -0.2) is 24.6 Å². The van der Waals surface area contributed by atoms with Crippen LogP contribution >= 0.6 is 22.7 Å². The van der Waals surface area contributed by atoms with Gasteiger partial charge in [0.15, 0.2) is 18.1 Å². The number of carboxylic acids is 1. The quantitative estimate of drug-likeness (QED) is 0.717. The first-order chi connectivity index (χ1) is 11.4. The molecule has 0 radical (unpaired) electrons. The number of halogens is 2. The third kappa shape index (κ3) is 3.02. The van der Waals surface area contributed by atoms with Gasteiger partial charge >= 0.3 is 5.97 Å². The Morgan fingerprint density at radius 2 is 1.33 bits per heavy atom. The summed E-state index contributed by atoms with van der Waals surface area (Å²) in [6.45, 7) is 0. The predicted octanol–water partition coefficient (Wildman–Crippen LogP) is 3.89. The van der Waals surface area contributed by atoms with Crippen LogP contribution in [0.4, 0.5) is 8.78 Å². The molecule has 0 amide bonds. The number of benzene rings is 1. The van der Waals surface area contributed by atoms with E-state index < -0.39 is 16.2 Å². The predicted molar refractivity (Wildman–Crippen MR) is 92.8 cm³/mol. The van der Waals surface area contributed by atoms with Crippen molar-refractivity contribution in [1.29, 1.82) is 0 Å².